The zero-order chi connectivity index (χ0) is 19.3. The summed E-state index contributed by atoms with van der Waals surface area (Å²) in [4.78, 5) is 4.42. The first kappa shape index (κ1) is 18.5. The molecule has 0 spiro atoms. The predicted molar refractivity (Wildman–Crippen MR) is 122 cm³/mol. The molecule has 0 radical (unpaired) electrons. The molecule has 4 atom stereocenters. The van der Waals surface area contributed by atoms with E-state index in [0.29, 0.717) is 0 Å². The van der Waals surface area contributed by atoms with Crippen molar-refractivity contribution in [2.45, 2.75) is 24.1 Å². The van der Waals surface area contributed by atoms with E-state index >= 15 is 0 Å². The van der Waals surface area contributed by atoms with E-state index in [0.717, 1.165) is 34.1 Å². The van der Waals surface area contributed by atoms with Gasteiger partial charge in [0.25, 0.3) is 0 Å². The van der Waals surface area contributed by atoms with Crippen molar-refractivity contribution < 1.29 is 14.2 Å². The Balaban J connectivity index is 1.61. The van der Waals surface area contributed by atoms with Gasteiger partial charge < -0.3 is 23.8 Å². The van der Waals surface area contributed by atoms with Crippen LogP contribution in [-0.2, 0) is 0 Å². The molecule has 2 aromatic rings. The second kappa shape index (κ2) is 6.95. The molecule has 0 saturated heterocycles. The SMILES string of the molecule is BC1Oc2ccc(Oc3ccc4c(c3)C(B)N(B)C(B)O4)cc2C(B)N1B. The smallest absolute Gasteiger partial charge is 0.188 e. The zero-order valence-electron chi connectivity index (χ0n) is 16.9. The van der Waals surface area contributed by atoms with Gasteiger partial charge in [0.2, 0.25) is 0 Å². The molecule has 0 aliphatic carbocycles. The largest absolute Gasteiger partial charge is 0.486 e. The Bertz CT molecular complexity index is 803. The highest BCUT2D eigenvalue weighted by molar-refractivity contribution is 6.22. The van der Waals surface area contributed by atoms with Gasteiger partial charge in [-0.1, -0.05) is 0 Å². The molecular formula is C16H22B6N2O3. The third-order valence-electron chi connectivity index (χ3n) is 6.06. The van der Waals surface area contributed by atoms with Crippen molar-refractivity contribution >= 4 is 47.3 Å². The Labute approximate surface area is 166 Å². The van der Waals surface area contributed by atoms with E-state index in [4.69, 9.17) is 14.2 Å². The lowest BCUT2D eigenvalue weighted by atomic mass is 9.81. The number of fused-ring (bicyclic) bond motifs is 2. The predicted octanol–water partition coefficient (Wildman–Crippen LogP) is -2.94. The first-order chi connectivity index (χ1) is 12.8. The lowest BCUT2D eigenvalue weighted by molar-refractivity contribution is 0.127. The number of benzene rings is 2. The highest BCUT2D eigenvalue weighted by Crippen LogP contribution is 2.39. The average Bonchev–Trinajstić information content (AvgIpc) is 2.65. The molecule has 27 heavy (non-hydrogen) atoms. The standard InChI is InChI=1S/C16H22B6N2O3/c17-13-9-5-7(1-3-11(9)26-15(19)23(13)21)25-8-2-4-12-10(6-8)14(18)24(22)16(20)27-12/h1-6,13-16H,17-22H2. The van der Waals surface area contributed by atoms with Gasteiger partial charge in [-0.25, -0.2) is 0 Å². The topological polar surface area (TPSA) is 34.2 Å². The number of hydrogen-bond donors (Lipinski definition) is 0. The molecule has 4 rings (SSSR count). The lowest BCUT2D eigenvalue weighted by Crippen LogP contribution is -2.44. The molecule has 11 heteroatoms. The number of nitrogens with zero attached hydrogens (tertiary/aromatic N) is 2. The summed E-state index contributed by atoms with van der Waals surface area (Å²) in [5.41, 5.74) is 2.30. The van der Waals surface area contributed by atoms with Gasteiger partial charge in [0.1, 0.15) is 50.9 Å². The van der Waals surface area contributed by atoms with E-state index in [1.165, 1.54) is 0 Å². The molecule has 2 heterocycles. The quantitative estimate of drug-likeness (QED) is 0.539. The van der Waals surface area contributed by atoms with Crippen molar-refractivity contribution in [1.29, 1.82) is 0 Å². The van der Waals surface area contributed by atoms with Gasteiger partial charge in [-0.3, -0.25) is 0 Å². The Morgan fingerprint density at radius 3 is 1.52 bits per heavy atom. The van der Waals surface area contributed by atoms with E-state index in [-0.39, 0.29) is 24.1 Å². The van der Waals surface area contributed by atoms with Gasteiger partial charge in [-0.15, -0.1) is 0 Å². The Hall–Kier alpha value is -1.85. The van der Waals surface area contributed by atoms with E-state index in [1.54, 1.807) is 0 Å². The van der Waals surface area contributed by atoms with Crippen LogP contribution in [0.1, 0.15) is 23.0 Å². The van der Waals surface area contributed by atoms with E-state index in [1.807, 2.05) is 24.3 Å². The third kappa shape index (κ3) is 3.27. The molecule has 4 unspecified atom stereocenters. The first-order valence-corrected chi connectivity index (χ1v) is 9.58. The van der Waals surface area contributed by atoms with Crippen LogP contribution in [0.15, 0.2) is 36.4 Å². The van der Waals surface area contributed by atoms with Crippen molar-refractivity contribution in [2.75, 3.05) is 0 Å². The van der Waals surface area contributed by atoms with E-state index < -0.39 is 0 Å². The van der Waals surface area contributed by atoms with Gasteiger partial charge >= 0.3 is 0 Å². The maximum atomic E-state index is 6.18. The van der Waals surface area contributed by atoms with Crippen LogP contribution in [0.5, 0.6) is 23.0 Å². The van der Waals surface area contributed by atoms with Gasteiger partial charge in [-0.05, 0) is 48.3 Å². The van der Waals surface area contributed by atoms with Gasteiger partial charge in [-0.2, -0.15) is 0 Å². The number of hydrogen-bond acceptors (Lipinski definition) is 5. The van der Waals surface area contributed by atoms with Crippen LogP contribution in [0, 0.1) is 0 Å². The summed E-state index contributed by atoms with van der Waals surface area (Å²) in [6.07, 6.45) is 0.140. The van der Waals surface area contributed by atoms with Gasteiger partial charge in [0.05, 0.1) is 0 Å². The Kier molecular flexibility index (Phi) is 4.77. The molecular weight excluding hydrogens is 333 g/mol. The third-order valence-corrected chi connectivity index (χ3v) is 6.06. The minimum Gasteiger partial charge on any atom is -0.486 e. The van der Waals surface area contributed by atoms with Crippen LogP contribution in [0.3, 0.4) is 0 Å². The highest BCUT2D eigenvalue weighted by Gasteiger charge is 2.28. The second-order valence-electron chi connectivity index (χ2n) is 7.62. The maximum absolute atomic E-state index is 6.18. The molecule has 0 fully saturated rings. The molecule has 0 bridgehead atoms. The second-order valence-corrected chi connectivity index (χ2v) is 7.62. The van der Waals surface area contributed by atoms with Gasteiger partial charge in [0.15, 0.2) is 31.7 Å². The normalized spacial score (nSPS) is 27.7. The molecule has 0 aromatic heterocycles. The fourth-order valence-electron chi connectivity index (χ4n) is 3.79. The number of ether oxygens (including phenoxy) is 3. The summed E-state index contributed by atoms with van der Waals surface area (Å²) < 4.78 is 18.1. The van der Waals surface area contributed by atoms with Crippen LogP contribution in [-0.4, -0.2) is 69.2 Å². The van der Waals surface area contributed by atoms with Crippen LogP contribution in [0.4, 0.5) is 0 Å². The summed E-state index contributed by atoms with van der Waals surface area (Å²) in [5, 5.41) is 0. The van der Waals surface area contributed by atoms with Gasteiger partial charge in [0, 0.05) is 11.1 Å². The summed E-state index contributed by atoms with van der Waals surface area (Å²) in [6.45, 7) is 0. The van der Waals surface area contributed by atoms with Crippen LogP contribution < -0.4 is 14.2 Å². The number of rotatable bonds is 2. The molecule has 5 nitrogen and oxygen atoms in total. The monoisotopic (exact) mass is 356 g/mol. The summed E-state index contributed by atoms with van der Waals surface area (Å²) in [6, 6.07) is 12.1. The molecule has 2 aliphatic heterocycles. The van der Waals surface area contributed by atoms with E-state index in [9.17, 15) is 0 Å². The van der Waals surface area contributed by atoms with Crippen molar-refractivity contribution in [3.63, 3.8) is 0 Å². The first-order valence-electron chi connectivity index (χ1n) is 9.58. The molecule has 132 valence electrons. The van der Waals surface area contributed by atoms with Crippen LogP contribution >= 0.6 is 0 Å². The summed E-state index contributed by atoms with van der Waals surface area (Å²) >= 11 is 0. The Morgan fingerprint density at radius 1 is 0.704 bits per heavy atom. The maximum Gasteiger partial charge on any atom is 0.188 e. The van der Waals surface area contributed by atoms with Crippen molar-refractivity contribution in [3.8, 4) is 23.0 Å². The molecule has 0 saturated carbocycles. The van der Waals surface area contributed by atoms with Crippen molar-refractivity contribution in [3.05, 3.63) is 47.5 Å². The summed E-state index contributed by atoms with van der Waals surface area (Å²) in [5.74, 6) is 4.06. The van der Waals surface area contributed by atoms with Crippen molar-refractivity contribution in [1.82, 2.24) is 9.62 Å². The highest BCUT2D eigenvalue weighted by atomic mass is 16.5. The lowest BCUT2D eigenvalue weighted by Gasteiger charge is -2.39. The fourth-order valence-corrected chi connectivity index (χ4v) is 3.79. The zero-order valence-corrected chi connectivity index (χ0v) is 16.9. The molecule has 0 amide bonds. The molecule has 2 aromatic carbocycles. The fraction of sp³-hybridized carbons (Fsp3) is 0.250. The van der Waals surface area contributed by atoms with E-state index in [2.05, 4.69) is 69.1 Å². The summed E-state index contributed by atoms with van der Waals surface area (Å²) in [7, 11) is 12.7. The Morgan fingerprint density at radius 2 is 1.11 bits per heavy atom. The minimum absolute atomic E-state index is 0.0702. The minimum atomic E-state index is 0.0702. The van der Waals surface area contributed by atoms with Crippen LogP contribution in [0.25, 0.3) is 0 Å². The average molecular weight is 355 g/mol. The molecule has 2 aliphatic rings. The van der Waals surface area contributed by atoms with Crippen molar-refractivity contribution in [2.24, 2.45) is 0 Å². The van der Waals surface area contributed by atoms with Crippen LogP contribution in [0.2, 0.25) is 0 Å². The molecule has 0 N–H and O–H groups in total.